The number of benzene rings is 3. The fourth-order valence-electron chi connectivity index (χ4n) is 14.5. The van der Waals surface area contributed by atoms with Crippen LogP contribution in [0.4, 0.5) is 0 Å². The van der Waals surface area contributed by atoms with Gasteiger partial charge in [0, 0.05) is 79.2 Å². The molecule has 0 radical (unpaired) electrons. The Labute approximate surface area is 672 Å². The van der Waals surface area contributed by atoms with Crippen molar-refractivity contribution in [3.05, 3.63) is 120 Å². The number of aliphatic carboxylic acids is 1. The van der Waals surface area contributed by atoms with E-state index in [0.29, 0.717) is 55.3 Å². The van der Waals surface area contributed by atoms with Crippen molar-refractivity contribution in [2.45, 2.75) is 230 Å². The predicted octanol–water partition coefficient (Wildman–Crippen LogP) is 0.919. The van der Waals surface area contributed by atoms with Crippen LogP contribution in [0.1, 0.15) is 154 Å². The van der Waals surface area contributed by atoms with Gasteiger partial charge in [-0.25, -0.2) is 9.78 Å². The number of carboxylic acids is 1. The summed E-state index contributed by atoms with van der Waals surface area (Å²) >= 11 is 0. The van der Waals surface area contributed by atoms with Crippen molar-refractivity contribution in [3.63, 3.8) is 0 Å². The first-order valence-corrected chi connectivity index (χ1v) is 39.8. The molecule has 6 aromatic rings. The first-order chi connectivity index (χ1) is 55.4. The molecule has 2 saturated heterocycles. The molecule has 12 atom stereocenters. The van der Waals surface area contributed by atoms with E-state index < -0.39 is 168 Å². The quantitative estimate of drug-likeness (QED) is 0.0236. The molecule has 2 aliphatic rings. The number of fused-ring (bicyclic) bond motifs is 2. The molecule has 2 aliphatic heterocycles. The van der Waals surface area contributed by atoms with Gasteiger partial charge in [-0.15, -0.1) is 0 Å². The lowest BCUT2D eigenvalue weighted by Crippen LogP contribution is -2.61. The SMILES string of the molecule is CCCC[C@H](NC(=O)[C@@H]1CCCN1C(=O)[C@H](C)NC(=O)CNC(=O)[C@@H]1CCCN1C(=O)[C@H](CCCCN)NC(=O)[C@H](CC(C)C)NC(=O)[C@H](CCC(N)=O)NC(=O)[C@H](CC(C)C)NC(=O)[C@H](Cc1c[nH]c2ccccc12)NC(=O)[C@H](Cc1c[nH]cn1)NC(=O)[C@@H](N)Cc1c[nH]c2ccccc12)C(=O)N[C@@H](Cc1ccc(O)cc1)C(=O)O. The van der Waals surface area contributed by atoms with Crippen LogP contribution in [0.25, 0.3) is 21.8 Å². The third-order valence-corrected chi connectivity index (χ3v) is 20.7. The zero-order chi connectivity index (χ0) is 84.3. The van der Waals surface area contributed by atoms with E-state index in [4.69, 9.17) is 17.2 Å². The molecule has 3 aromatic carbocycles. The number of para-hydroxylation sites is 2. The Hall–Kier alpha value is -11.8. The fourth-order valence-corrected chi connectivity index (χ4v) is 14.5. The first kappa shape index (κ1) is 89.8. The standard InChI is InChI=1S/C81H113N19O16/c1-7-8-19-58(71(105)98-65(81(115)116)36-48-25-27-52(101)28-26-48)92-78(112)67-24-16-32-99(67)79(113)47(6)90-69(103)43-88-77(111)66-23-15-33-100(66)80(114)60(22-13-14-31-82)93-74(108)62(35-46(4)5)95-72(106)59(29-30-68(84)102)91-73(107)61(34-45(2)3)96-75(109)63(38-50-41-87-57-21-12-10-18-54(50)57)97-76(110)64(39-51-42-85-44-89-51)94-70(104)55(83)37-49-40-86-56-20-11-9-17-53(49)56/h9-12,17-18,20-21,25-28,40-42,44-47,55,58-67,86-87,101H,7-8,13-16,19,22-24,29-39,43,82-83H2,1-6H3,(H2,84,102)(H,85,89)(H,88,111)(H,90,103)(H,91,107)(H,92,112)(H,93,108)(H,94,104)(H,95,106)(H,96,109)(H,97,110)(H,98,105)(H,115,116)/t47-,55-,58-,59-,60-,61-,62-,63-,64-,65-,66-,67-/m0/s1. The highest BCUT2D eigenvalue weighted by Gasteiger charge is 2.42. The van der Waals surface area contributed by atoms with Crippen LogP contribution >= 0.6 is 0 Å². The van der Waals surface area contributed by atoms with Crippen molar-refractivity contribution in [3.8, 4) is 5.75 Å². The minimum Gasteiger partial charge on any atom is -0.508 e. The van der Waals surface area contributed by atoms with Gasteiger partial charge in [-0.05, 0) is 143 Å². The van der Waals surface area contributed by atoms with Crippen molar-refractivity contribution in [1.29, 1.82) is 0 Å². The van der Waals surface area contributed by atoms with E-state index in [0.717, 1.165) is 27.4 Å². The van der Waals surface area contributed by atoms with Gasteiger partial charge >= 0.3 is 5.97 Å². The minimum atomic E-state index is -1.56. The first-order valence-electron chi connectivity index (χ1n) is 39.8. The summed E-state index contributed by atoms with van der Waals surface area (Å²) in [4.78, 5) is 213. The van der Waals surface area contributed by atoms with Gasteiger partial charge in [0.2, 0.25) is 76.8 Å². The van der Waals surface area contributed by atoms with Crippen LogP contribution in [0.2, 0.25) is 0 Å². The van der Waals surface area contributed by atoms with Crippen LogP contribution in [-0.2, 0) is 92.8 Å². The van der Waals surface area contributed by atoms with Crippen LogP contribution < -0.4 is 70.4 Å². The van der Waals surface area contributed by atoms with Gasteiger partial charge in [-0.2, -0.15) is 0 Å². The Bertz CT molecular complexity index is 4390. The molecule has 0 spiro atoms. The van der Waals surface area contributed by atoms with E-state index in [9.17, 15) is 72.5 Å². The fraction of sp³-hybridized carbons (Fsp3) is 0.519. The molecule has 0 saturated carbocycles. The van der Waals surface area contributed by atoms with Gasteiger partial charge in [0.1, 0.15) is 72.2 Å². The Morgan fingerprint density at radius 1 is 0.526 bits per heavy atom. The highest BCUT2D eigenvalue weighted by Crippen LogP contribution is 2.25. The van der Waals surface area contributed by atoms with Crippen molar-refractivity contribution >= 4 is 105 Å². The van der Waals surface area contributed by atoms with Crippen molar-refractivity contribution in [2.75, 3.05) is 26.2 Å². The number of amides is 13. The number of hydrogen-bond acceptors (Lipinski definition) is 18. The normalized spacial score (nSPS) is 16.6. The number of carbonyl (C=O) groups excluding carboxylic acids is 13. The van der Waals surface area contributed by atoms with Crippen LogP contribution in [0.5, 0.6) is 5.75 Å². The number of aromatic amines is 3. The number of phenolic OH excluding ortho intramolecular Hbond substituents is 1. The highest BCUT2D eigenvalue weighted by molar-refractivity contribution is 6.00. The molecule has 35 nitrogen and oxygen atoms in total. The molecule has 0 unspecified atom stereocenters. The van der Waals surface area contributed by atoms with Crippen LogP contribution in [0, 0.1) is 11.8 Å². The molecule has 21 N–H and O–H groups in total. The molecule has 35 heteroatoms. The number of nitrogens with one attached hydrogen (secondary N) is 13. The van der Waals surface area contributed by atoms with E-state index in [1.54, 1.807) is 52.4 Å². The number of likely N-dealkylation sites (tertiary alicyclic amines) is 2. The number of phenols is 1. The maximum absolute atomic E-state index is 15.0. The molecule has 116 heavy (non-hydrogen) atoms. The van der Waals surface area contributed by atoms with Gasteiger partial charge < -0.3 is 105 Å². The lowest BCUT2D eigenvalue weighted by Gasteiger charge is -2.31. The summed E-state index contributed by atoms with van der Waals surface area (Å²) in [5.74, 6) is -11.7. The summed E-state index contributed by atoms with van der Waals surface area (Å²) in [6.45, 7) is 10.3. The molecule has 2 fully saturated rings. The Morgan fingerprint density at radius 3 is 1.57 bits per heavy atom. The molecular formula is C81H113N19O16. The predicted molar refractivity (Wildman–Crippen MR) is 429 cm³/mol. The number of aromatic nitrogens is 4. The molecular weight excluding hydrogens is 1500 g/mol. The number of rotatable bonds is 45. The number of carboxylic acid groups (broad SMARTS) is 1. The molecule has 628 valence electrons. The smallest absolute Gasteiger partial charge is 0.326 e. The van der Waals surface area contributed by atoms with Gasteiger partial charge in [0.05, 0.1) is 24.6 Å². The highest BCUT2D eigenvalue weighted by atomic mass is 16.4. The number of nitrogens with zero attached hydrogens (tertiary/aromatic N) is 3. The van der Waals surface area contributed by atoms with Gasteiger partial charge in [0.15, 0.2) is 0 Å². The Morgan fingerprint density at radius 2 is 1.02 bits per heavy atom. The number of nitrogens with two attached hydrogens (primary N) is 3. The van der Waals surface area contributed by atoms with Crippen molar-refractivity contribution < 1.29 is 77.3 Å². The molecule has 8 rings (SSSR count). The van der Waals surface area contributed by atoms with Crippen LogP contribution in [0.3, 0.4) is 0 Å². The third kappa shape index (κ3) is 26.1. The number of primary amides is 1. The van der Waals surface area contributed by atoms with Crippen molar-refractivity contribution in [2.24, 2.45) is 29.0 Å². The Balaban J connectivity index is 0.905. The van der Waals surface area contributed by atoms with Gasteiger partial charge in [0.25, 0.3) is 0 Å². The molecule has 3 aromatic heterocycles. The lowest BCUT2D eigenvalue weighted by atomic mass is 9.99. The summed E-state index contributed by atoms with van der Waals surface area (Å²) in [6, 6.07) is 5.30. The second-order valence-corrected chi connectivity index (χ2v) is 30.8. The summed E-state index contributed by atoms with van der Waals surface area (Å²) in [6.07, 6.45) is 8.66. The van der Waals surface area contributed by atoms with E-state index in [-0.39, 0.29) is 108 Å². The van der Waals surface area contributed by atoms with Gasteiger partial charge in [-0.1, -0.05) is 96.0 Å². The number of carbonyl (C=O) groups is 14. The second kappa shape index (κ2) is 43.7. The summed E-state index contributed by atoms with van der Waals surface area (Å²) in [5, 5.41) is 48.3. The zero-order valence-electron chi connectivity index (χ0n) is 66.6. The summed E-state index contributed by atoms with van der Waals surface area (Å²) < 4.78 is 0. The van der Waals surface area contributed by atoms with E-state index in [1.165, 1.54) is 47.3 Å². The second-order valence-electron chi connectivity index (χ2n) is 30.8. The number of hydrogen-bond donors (Lipinski definition) is 18. The van der Waals surface area contributed by atoms with Crippen LogP contribution in [-0.4, -0.2) is 221 Å². The molecule has 13 amide bonds. The minimum absolute atomic E-state index is 0.00483. The number of unbranched alkanes of at least 4 members (excludes halogenated alkanes) is 2. The van der Waals surface area contributed by atoms with E-state index in [1.807, 2.05) is 49.4 Å². The number of H-pyrrole nitrogens is 3. The van der Waals surface area contributed by atoms with E-state index in [2.05, 4.69) is 73.1 Å². The lowest BCUT2D eigenvalue weighted by molar-refractivity contribution is -0.143. The average molecular weight is 1610 g/mol. The maximum Gasteiger partial charge on any atom is 0.326 e. The molecule has 0 bridgehead atoms. The monoisotopic (exact) mass is 1610 g/mol. The molecule has 0 aliphatic carbocycles. The van der Waals surface area contributed by atoms with Crippen molar-refractivity contribution in [1.82, 2.24) is 82.9 Å². The van der Waals surface area contributed by atoms with E-state index >= 15 is 4.79 Å². The zero-order valence-corrected chi connectivity index (χ0v) is 66.6. The Kier molecular flexibility index (Phi) is 33.8. The maximum atomic E-state index is 15.0. The largest absolute Gasteiger partial charge is 0.508 e. The average Bonchev–Trinajstić information content (AvgIpc) is 1.68. The number of imidazole rings is 1. The van der Waals surface area contributed by atoms with Crippen LogP contribution in [0.15, 0.2) is 97.7 Å². The molecule has 5 heterocycles. The van der Waals surface area contributed by atoms with Gasteiger partial charge in [-0.3, -0.25) is 62.3 Å². The summed E-state index contributed by atoms with van der Waals surface area (Å²) in [7, 11) is 0. The number of aromatic hydroxyl groups is 1. The topological polar surface area (TPSA) is 545 Å². The summed E-state index contributed by atoms with van der Waals surface area (Å²) in [5.41, 5.74) is 21.9. The third-order valence-electron chi connectivity index (χ3n) is 20.7.